The monoisotopic (exact) mass is 515 g/mol. The topological polar surface area (TPSA) is 75.1 Å². The minimum Gasteiger partial charge on any atom is -0.438 e. The SMILES string of the molecule is CC(c1ccc(-c2cccc(N3CCOCC3)n2)cc1)N1CCC(CC(C)(C)O)(c2ccccc2)OC1=O. The van der Waals surface area contributed by atoms with E-state index >= 15 is 0 Å². The normalized spacial score (nSPS) is 21.2. The Hall–Kier alpha value is -3.42. The summed E-state index contributed by atoms with van der Waals surface area (Å²) in [5, 5.41) is 10.6. The summed E-state index contributed by atoms with van der Waals surface area (Å²) < 4.78 is 11.6. The average Bonchev–Trinajstić information content (AvgIpc) is 2.93. The first-order valence-electron chi connectivity index (χ1n) is 13.4. The number of aliphatic hydroxyl groups is 1. The van der Waals surface area contributed by atoms with E-state index in [0.717, 1.165) is 54.5 Å². The van der Waals surface area contributed by atoms with E-state index in [9.17, 15) is 9.90 Å². The number of cyclic esters (lactones) is 1. The molecular formula is C31H37N3O4. The molecule has 2 atom stereocenters. The summed E-state index contributed by atoms with van der Waals surface area (Å²) in [4.78, 5) is 22.3. The lowest BCUT2D eigenvalue weighted by molar-refractivity contribution is -0.101. The van der Waals surface area contributed by atoms with Gasteiger partial charge in [0.1, 0.15) is 11.4 Å². The molecule has 200 valence electrons. The highest BCUT2D eigenvalue weighted by molar-refractivity contribution is 5.70. The third-order valence-electron chi connectivity index (χ3n) is 7.52. The number of hydrogen-bond acceptors (Lipinski definition) is 6. The van der Waals surface area contributed by atoms with E-state index in [2.05, 4.69) is 29.2 Å². The molecule has 3 aromatic rings. The van der Waals surface area contributed by atoms with Crippen LogP contribution in [0.15, 0.2) is 72.8 Å². The van der Waals surface area contributed by atoms with Crippen molar-refractivity contribution in [2.45, 2.75) is 50.9 Å². The lowest BCUT2D eigenvalue weighted by Gasteiger charge is -2.45. The second kappa shape index (κ2) is 10.8. The van der Waals surface area contributed by atoms with Gasteiger partial charge in [-0.1, -0.05) is 60.7 Å². The van der Waals surface area contributed by atoms with Crippen molar-refractivity contribution in [1.29, 1.82) is 0 Å². The molecule has 38 heavy (non-hydrogen) atoms. The number of hydrogen-bond donors (Lipinski definition) is 1. The molecule has 1 N–H and O–H groups in total. The Kier molecular flexibility index (Phi) is 7.41. The van der Waals surface area contributed by atoms with Gasteiger partial charge in [0.05, 0.1) is 30.6 Å². The van der Waals surface area contributed by atoms with Gasteiger partial charge in [-0.3, -0.25) is 0 Å². The zero-order valence-corrected chi connectivity index (χ0v) is 22.5. The van der Waals surface area contributed by atoms with Gasteiger partial charge in [0.25, 0.3) is 0 Å². The van der Waals surface area contributed by atoms with Crippen molar-refractivity contribution in [2.24, 2.45) is 0 Å². The summed E-state index contributed by atoms with van der Waals surface area (Å²) in [5.41, 5.74) is 2.07. The lowest BCUT2D eigenvalue weighted by atomic mass is 9.80. The van der Waals surface area contributed by atoms with Crippen LogP contribution in [0.3, 0.4) is 0 Å². The fourth-order valence-corrected chi connectivity index (χ4v) is 5.56. The number of carbonyl (C=O) groups is 1. The zero-order chi connectivity index (χ0) is 26.8. The van der Waals surface area contributed by atoms with E-state index in [1.54, 1.807) is 18.7 Å². The molecular weight excluding hydrogens is 478 g/mol. The lowest BCUT2D eigenvalue weighted by Crippen LogP contribution is -2.51. The van der Waals surface area contributed by atoms with Crippen molar-refractivity contribution < 1.29 is 19.4 Å². The molecule has 5 rings (SSSR count). The summed E-state index contributed by atoms with van der Waals surface area (Å²) in [7, 11) is 0. The predicted octanol–water partition coefficient (Wildman–Crippen LogP) is 5.55. The van der Waals surface area contributed by atoms with E-state index < -0.39 is 11.2 Å². The maximum atomic E-state index is 13.4. The molecule has 2 saturated heterocycles. The molecule has 0 radical (unpaired) electrons. The van der Waals surface area contributed by atoms with Crippen LogP contribution in [0.25, 0.3) is 11.3 Å². The van der Waals surface area contributed by atoms with Crippen LogP contribution in [0, 0.1) is 0 Å². The fourth-order valence-electron chi connectivity index (χ4n) is 5.56. The number of anilines is 1. The number of morpholine rings is 1. The van der Waals surface area contributed by atoms with Crippen LogP contribution in [0.1, 0.15) is 50.8 Å². The summed E-state index contributed by atoms with van der Waals surface area (Å²) in [6.45, 7) is 9.22. The Bertz CT molecular complexity index is 1240. The molecule has 0 bridgehead atoms. The third kappa shape index (κ3) is 5.69. The Labute approximate surface area is 225 Å². The smallest absolute Gasteiger partial charge is 0.411 e. The van der Waals surface area contributed by atoms with Crippen LogP contribution < -0.4 is 4.90 Å². The maximum Gasteiger partial charge on any atom is 0.411 e. The molecule has 0 aliphatic carbocycles. The standard InChI is InChI=1S/C31H37N3O4/c1-23(34-17-16-31(38-29(34)35,22-30(2,3)36)26-8-5-4-6-9-26)24-12-14-25(15-13-24)27-10-7-11-28(32-27)33-18-20-37-21-19-33/h4-15,23,36H,16-22H2,1-3H3. The molecule has 2 aliphatic rings. The van der Waals surface area contributed by atoms with Gasteiger partial charge in [-0.2, -0.15) is 0 Å². The van der Waals surface area contributed by atoms with Crippen LogP contribution in [-0.2, 0) is 15.1 Å². The van der Waals surface area contributed by atoms with Gasteiger partial charge < -0.3 is 24.4 Å². The second-order valence-corrected chi connectivity index (χ2v) is 10.9. The van der Waals surface area contributed by atoms with Gasteiger partial charge in [-0.05, 0) is 44.0 Å². The average molecular weight is 516 g/mol. The van der Waals surface area contributed by atoms with E-state index in [0.29, 0.717) is 19.4 Å². The Morgan fingerprint density at radius 2 is 1.68 bits per heavy atom. The van der Waals surface area contributed by atoms with E-state index in [-0.39, 0.29) is 12.1 Å². The number of rotatable bonds is 7. The maximum absolute atomic E-state index is 13.4. The highest BCUT2D eigenvalue weighted by Gasteiger charge is 2.46. The number of benzene rings is 2. The number of nitrogens with zero attached hydrogens (tertiary/aromatic N) is 3. The van der Waals surface area contributed by atoms with Crippen molar-refractivity contribution in [3.05, 3.63) is 83.9 Å². The molecule has 3 heterocycles. The largest absolute Gasteiger partial charge is 0.438 e. The Morgan fingerprint density at radius 3 is 2.34 bits per heavy atom. The summed E-state index contributed by atoms with van der Waals surface area (Å²) >= 11 is 0. The quantitative estimate of drug-likeness (QED) is 0.445. The van der Waals surface area contributed by atoms with Crippen molar-refractivity contribution >= 4 is 11.9 Å². The Morgan fingerprint density at radius 1 is 0.974 bits per heavy atom. The first-order valence-corrected chi connectivity index (χ1v) is 13.4. The predicted molar refractivity (Wildman–Crippen MR) is 148 cm³/mol. The molecule has 7 heteroatoms. The number of aromatic nitrogens is 1. The number of carbonyl (C=O) groups excluding carboxylic acids is 1. The third-order valence-corrected chi connectivity index (χ3v) is 7.52. The van der Waals surface area contributed by atoms with E-state index in [1.807, 2.05) is 55.5 Å². The highest BCUT2D eigenvalue weighted by Crippen LogP contribution is 2.42. The molecule has 0 saturated carbocycles. The van der Waals surface area contributed by atoms with Crippen LogP contribution >= 0.6 is 0 Å². The van der Waals surface area contributed by atoms with Gasteiger partial charge in [0.15, 0.2) is 0 Å². The molecule has 2 aliphatic heterocycles. The molecule has 2 fully saturated rings. The number of ether oxygens (including phenoxy) is 2. The van der Waals surface area contributed by atoms with E-state index in [1.165, 1.54) is 0 Å². The van der Waals surface area contributed by atoms with Gasteiger partial charge in [-0.15, -0.1) is 0 Å². The number of amides is 1. The molecule has 2 unspecified atom stereocenters. The van der Waals surface area contributed by atoms with Crippen LogP contribution in [0.5, 0.6) is 0 Å². The molecule has 0 spiro atoms. The van der Waals surface area contributed by atoms with Crippen LogP contribution in [0.2, 0.25) is 0 Å². The van der Waals surface area contributed by atoms with Gasteiger partial charge in [0, 0.05) is 38.0 Å². The Balaban J connectivity index is 1.31. The van der Waals surface area contributed by atoms with Gasteiger partial charge in [-0.25, -0.2) is 9.78 Å². The second-order valence-electron chi connectivity index (χ2n) is 10.9. The summed E-state index contributed by atoms with van der Waals surface area (Å²) in [6.07, 6.45) is 0.581. The summed E-state index contributed by atoms with van der Waals surface area (Å²) in [6, 6.07) is 24.0. The van der Waals surface area contributed by atoms with Crippen LogP contribution in [-0.4, -0.2) is 59.5 Å². The van der Waals surface area contributed by atoms with Gasteiger partial charge >= 0.3 is 6.09 Å². The minimum absolute atomic E-state index is 0.153. The fraction of sp³-hybridized carbons (Fsp3) is 0.419. The first kappa shape index (κ1) is 26.2. The van der Waals surface area contributed by atoms with Crippen molar-refractivity contribution in [2.75, 3.05) is 37.7 Å². The number of pyridine rings is 1. The first-order chi connectivity index (χ1) is 18.2. The molecule has 1 aromatic heterocycles. The zero-order valence-electron chi connectivity index (χ0n) is 22.5. The van der Waals surface area contributed by atoms with Crippen molar-refractivity contribution in [3.8, 4) is 11.3 Å². The molecule has 7 nitrogen and oxygen atoms in total. The highest BCUT2D eigenvalue weighted by atomic mass is 16.6. The van der Waals surface area contributed by atoms with E-state index in [4.69, 9.17) is 14.5 Å². The van der Waals surface area contributed by atoms with Crippen molar-refractivity contribution in [3.63, 3.8) is 0 Å². The molecule has 2 aromatic carbocycles. The minimum atomic E-state index is -0.979. The van der Waals surface area contributed by atoms with Crippen LogP contribution in [0.4, 0.5) is 10.6 Å². The van der Waals surface area contributed by atoms with Crippen molar-refractivity contribution in [1.82, 2.24) is 9.88 Å². The summed E-state index contributed by atoms with van der Waals surface area (Å²) in [5.74, 6) is 0.965. The molecule has 1 amide bonds. The van der Waals surface area contributed by atoms with Gasteiger partial charge in [0.2, 0.25) is 0 Å².